The van der Waals surface area contributed by atoms with E-state index in [4.69, 9.17) is 15.1 Å². The highest BCUT2D eigenvalue weighted by molar-refractivity contribution is 6.00. The second kappa shape index (κ2) is 5.09. The highest BCUT2D eigenvalue weighted by Gasteiger charge is 2.65. The monoisotopic (exact) mass is 288 g/mol. The minimum absolute atomic E-state index is 0.351. The molecule has 110 valence electrons. The molecule has 0 aliphatic heterocycles. The van der Waals surface area contributed by atoms with Crippen molar-refractivity contribution in [3.63, 3.8) is 0 Å². The van der Waals surface area contributed by atoms with E-state index in [9.17, 15) is 9.59 Å². The SMILES string of the molecule is COc1cc(C#N)ccc1NC(=O)C1C(C(=O)O)C1(C)C. The van der Waals surface area contributed by atoms with Crippen LogP contribution in [0, 0.1) is 28.6 Å². The van der Waals surface area contributed by atoms with Crippen molar-refractivity contribution < 1.29 is 19.4 Å². The first-order valence-electron chi connectivity index (χ1n) is 6.44. The number of nitrogens with zero attached hydrogens (tertiary/aromatic N) is 1. The normalized spacial score (nSPS) is 22.0. The number of hydrogen-bond acceptors (Lipinski definition) is 4. The average Bonchev–Trinajstić information content (AvgIpc) is 3.02. The molecular formula is C15H16N2O4. The molecule has 2 unspecified atom stereocenters. The minimum atomic E-state index is -0.966. The molecule has 1 amide bonds. The van der Waals surface area contributed by atoms with E-state index in [1.165, 1.54) is 13.2 Å². The zero-order valence-corrected chi connectivity index (χ0v) is 12.0. The number of carbonyl (C=O) groups is 2. The van der Waals surface area contributed by atoms with E-state index < -0.39 is 23.2 Å². The Hall–Kier alpha value is -2.55. The number of anilines is 1. The molecule has 1 saturated carbocycles. The third kappa shape index (κ3) is 2.55. The predicted molar refractivity (Wildman–Crippen MR) is 74.7 cm³/mol. The summed E-state index contributed by atoms with van der Waals surface area (Å²) in [7, 11) is 1.44. The lowest BCUT2D eigenvalue weighted by atomic mass is 10.1. The number of nitriles is 1. The maximum Gasteiger partial charge on any atom is 0.307 e. The summed E-state index contributed by atoms with van der Waals surface area (Å²) in [4.78, 5) is 23.3. The number of nitrogens with one attached hydrogen (secondary N) is 1. The molecule has 1 aromatic carbocycles. The number of benzene rings is 1. The molecule has 6 heteroatoms. The summed E-state index contributed by atoms with van der Waals surface area (Å²) in [6.45, 7) is 3.51. The molecule has 1 aliphatic carbocycles. The lowest BCUT2D eigenvalue weighted by Gasteiger charge is -2.11. The quantitative estimate of drug-likeness (QED) is 0.881. The summed E-state index contributed by atoms with van der Waals surface area (Å²) >= 11 is 0. The van der Waals surface area contributed by atoms with Gasteiger partial charge in [0.1, 0.15) is 5.75 Å². The lowest BCUT2D eigenvalue weighted by Crippen LogP contribution is -2.18. The number of carboxylic acid groups (broad SMARTS) is 1. The predicted octanol–water partition coefficient (Wildman–Crippen LogP) is 1.86. The third-order valence-corrected chi connectivity index (χ3v) is 3.96. The standard InChI is InChI=1S/C15H16N2O4/c1-15(2)11(12(15)14(19)20)13(18)17-9-5-4-8(7-16)6-10(9)21-3/h4-6,11-12H,1-3H3,(H,17,18)(H,19,20). The van der Waals surface area contributed by atoms with Gasteiger partial charge in [-0.1, -0.05) is 13.8 Å². The van der Waals surface area contributed by atoms with Crippen LogP contribution >= 0.6 is 0 Å². The van der Waals surface area contributed by atoms with Gasteiger partial charge in [-0.2, -0.15) is 5.26 Å². The van der Waals surface area contributed by atoms with Crippen LogP contribution in [0.1, 0.15) is 19.4 Å². The fourth-order valence-corrected chi connectivity index (χ4v) is 2.66. The molecule has 6 nitrogen and oxygen atoms in total. The Morgan fingerprint density at radius 1 is 1.38 bits per heavy atom. The highest BCUT2D eigenvalue weighted by atomic mass is 16.5. The molecule has 1 aliphatic rings. The van der Waals surface area contributed by atoms with Gasteiger partial charge in [-0.3, -0.25) is 9.59 Å². The minimum Gasteiger partial charge on any atom is -0.495 e. The van der Waals surface area contributed by atoms with Crippen LogP contribution in [0.15, 0.2) is 18.2 Å². The van der Waals surface area contributed by atoms with Gasteiger partial charge in [0.2, 0.25) is 5.91 Å². The van der Waals surface area contributed by atoms with Crippen LogP contribution in [-0.2, 0) is 9.59 Å². The van der Waals surface area contributed by atoms with Gasteiger partial charge in [0.25, 0.3) is 0 Å². The number of aliphatic carboxylic acids is 1. The largest absolute Gasteiger partial charge is 0.495 e. The summed E-state index contributed by atoms with van der Waals surface area (Å²) in [5.74, 6) is -2.20. The van der Waals surface area contributed by atoms with Crippen LogP contribution in [0.3, 0.4) is 0 Å². The highest BCUT2D eigenvalue weighted by Crippen LogP contribution is 2.58. The summed E-state index contributed by atoms with van der Waals surface area (Å²) in [5.41, 5.74) is 0.281. The molecule has 1 aromatic rings. The van der Waals surface area contributed by atoms with Crippen LogP contribution in [-0.4, -0.2) is 24.1 Å². The number of carbonyl (C=O) groups excluding carboxylic acids is 1. The first-order chi connectivity index (χ1) is 9.82. The maximum absolute atomic E-state index is 12.2. The first kappa shape index (κ1) is 14.9. The summed E-state index contributed by atoms with van der Waals surface area (Å²) < 4.78 is 5.13. The van der Waals surface area contributed by atoms with E-state index >= 15 is 0 Å². The fourth-order valence-electron chi connectivity index (χ4n) is 2.66. The molecule has 21 heavy (non-hydrogen) atoms. The van der Waals surface area contributed by atoms with Gasteiger partial charge < -0.3 is 15.2 Å². The lowest BCUT2D eigenvalue weighted by molar-refractivity contribution is -0.140. The van der Waals surface area contributed by atoms with E-state index in [1.54, 1.807) is 26.0 Å². The second-order valence-corrected chi connectivity index (χ2v) is 5.63. The van der Waals surface area contributed by atoms with Crippen LogP contribution in [0.4, 0.5) is 5.69 Å². The number of methoxy groups -OCH3 is 1. The van der Waals surface area contributed by atoms with Gasteiger partial charge in [-0.25, -0.2) is 0 Å². The Balaban J connectivity index is 2.18. The van der Waals surface area contributed by atoms with Crippen molar-refractivity contribution >= 4 is 17.6 Å². The number of hydrogen-bond donors (Lipinski definition) is 2. The van der Waals surface area contributed by atoms with E-state index in [-0.39, 0.29) is 5.91 Å². The van der Waals surface area contributed by atoms with Crippen molar-refractivity contribution in [2.24, 2.45) is 17.3 Å². The number of rotatable bonds is 4. The van der Waals surface area contributed by atoms with E-state index in [2.05, 4.69) is 5.32 Å². The van der Waals surface area contributed by atoms with Gasteiger partial charge >= 0.3 is 5.97 Å². The Morgan fingerprint density at radius 3 is 2.52 bits per heavy atom. The van der Waals surface area contributed by atoms with Gasteiger partial charge in [0.05, 0.1) is 36.3 Å². The molecule has 0 radical (unpaired) electrons. The molecule has 0 bridgehead atoms. The van der Waals surface area contributed by atoms with E-state index in [0.29, 0.717) is 17.0 Å². The second-order valence-electron chi connectivity index (χ2n) is 5.63. The Morgan fingerprint density at radius 2 is 2.05 bits per heavy atom. The van der Waals surface area contributed by atoms with Gasteiger partial charge in [0.15, 0.2) is 0 Å². The molecular weight excluding hydrogens is 272 g/mol. The van der Waals surface area contributed by atoms with E-state index in [1.807, 2.05) is 6.07 Å². The van der Waals surface area contributed by atoms with Crippen molar-refractivity contribution in [2.75, 3.05) is 12.4 Å². The van der Waals surface area contributed by atoms with E-state index in [0.717, 1.165) is 0 Å². The number of carboxylic acids is 1. The molecule has 0 saturated heterocycles. The number of ether oxygens (including phenoxy) is 1. The zero-order chi connectivity index (χ0) is 15.8. The van der Waals surface area contributed by atoms with Gasteiger partial charge in [0, 0.05) is 6.07 Å². The topological polar surface area (TPSA) is 99.4 Å². The van der Waals surface area contributed by atoms with Crippen LogP contribution in [0.25, 0.3) is 0 Å². The van der Waals surface area contributed by atoms with Crippen molar-refractivity contribution in [1.29, 1.82) is 5.26 Å². The Labute approximate surface area is 122 Å². The van der Waals surface area contributed by atoms with Gasteiger partial charge in [-0.05, 0) is 17.5 Å². The van der Waals surface area contributed by atoms with Crippen molar-refractivity contribution in [1.82, 2.24) is 0 Å². The molecule has 0 aromatic heterocycles. The van der Waals surface area contributed by atoms with Gasteiger partial charge in [-0.15, -0.1) is 0 Å². The maximum atomic E-state index is 12.2. The van der Waals surface area contributed by atoms with Crippen molar-refractivity contribution in [3.05, 3.63) is 23.8 Å². The van der Waals surface area contributed by atoms with Crippen molar-refractivity contribution in [2.45, 2.75) is 13.8 Å². The zero-order valence-electron chi connectivity index (χ0n) is 12.0. The molecule has 0 spiro atoms. The van der Waals surface area contributed by atoms with Crippen LogP contribution < -0.4 is 10.1 Å². The summed E-state index contributed by atoms with van der Waals surface area (Å²) in [6, 6.07) is 6.63. The third-order valence-electron chi connectivity index (χ3n) is 3.96. The average molecular weight is 288 g/mol. The molecule has 2 N–H and O–H groups in total. The number of amides is 1. The molecule has 0 heterocycles. The Kier molecular flexibility index (Phi) is 3.60. The fraction of sp³-hybridized carbons (Fsp3) is 0.400. The van der Waals surface area contributed by atoms with Crippen LogP contribution in [0.5, 0.6) is 5.75 Å². The Bertz CT molecular complexity index is 646. The summed E-state index contributed by atoms with van der Waals surface area (Å²) in [5, 5.41) is 20.6. The molecule has 1 fully saturated rings. The smallest absolute Gasteiger partial charge is 0.307 e. The summed E-state index contributed by atoms with van der Waals surface area (Å²) in [6.07, 6.45) is 0. The van der Waals surface area contributed by atoms with Crippen LogP contribution in [0.2, 0.25) is 0 Å². The first-order valence-corrected chi connectivity index (χ1v) is 6.44. The molecule has 2 atom stereocenters. The van der Waals surface area contributed by atoms with Crippen molar-refractivity contribution in [3.8, 4) is 11.8 Å². The molecule has 2 rings (SSSR count).